The van der Waals surface area contributed by atoms with Crippen LogP contribution in [0, 0.1) is 5.92 Å². The molecule has 3 heterocycles. The van der Waals surface area contributed by atoms with E-state index < -0.39 is 0 Å². The Labute approximate surface area is 136 Å². The van der Waals surface area contributed by atoms with Crippen LogP contribution in [0.3, 0.4) is 0 Å². The molecule has 1 unspecified atom stereocenters. The normalized spacial score (nSPS) is 17.8. The Hall–Kier alpha value is -2.43. The monoisotopic (exact) mass is 310 g/mol. The Morgan fingerprint density at radius 3 is 3.00 bits per heavy atom. The Balaban J connectivity index is 1.73. The lowest BCUT2D eigenvalue weighted by molar-refractivity contribution is 0.0951. The Kier molecular flexibility index (Phi) is 4.86. The highest BCUT2D eigenvalue weighted by molar-refractivity contribution is 5.98. The van der Waals surface area contributed by atoms with Gasteiger partial charge in [-0.3, -0.25) is 9.78 Å². The average molecular weight is 310 g/mol. The van der Waals surface area contributed by atoms with E-state index in [0.717, 1.165) is 30.9 Å². The van der Waals surface area contributed by atoms with Gasteiger partial charge in [0.25, 0.3) is 5.91 Å². The van der Waals surface area contributed by atoms with Gasteiger partial charge in [0.15, 0.2) is 0 Å². The zero-order valence-corrected chi connectivity index (χ0v) is 13.4. The molecule has 1 fully saturated rings. The van der Waals surface area contributed by atoms with E-state index in [-0.39, 0.29) is 5.91 Å². The molecular formula is C18H22N4O. The summed E-state index contributed by atoms with van der Waals surface area (Å²) in [4.78, 5) is 23.3. The molecule has 1 N–H and O–H groups in total. The van der Waals surface area contributed by atoms with Crippen LogP contribution in [0.25, 0.3) is 0 Å². The van der Waals surface area contributed by atoms with Crippen LogP contribution in [0.1, 0.15) is 35.7 Å². The van der Waals surface area contributed by atoms with Crippen molar-refractivity contribution in [2.75, 3.05) is 18.0 Å². The number of piperidine rings is 1. The fourth-order valence-electron chi connectivity index (χ4n) is 2.99. The smallest absolute Gasteiger partial charge is 0.255 e. The first-order chi connectivity index (χ1) is 11.2. The Bertz CT molecular complexity index is 659. The molecule has 1 atom stereocenters. The van der Waals surface area contributed by atoms with E-state index in [1.807, 2.05) is 24.3 Å². The summed E-state index contributed by atoms with van der Waals surface area (Å²) >= 11 is 0. The summed E-state index contributed by atoms with van der Waals surface area (Å²) in [5.41, 5.74) is 1.63. The van der Waals surface area contributed by atoms with Gasteiger partial charge in [0.2, 0.25) is 0 Å². The predicted octanol–water partition coefficient (Wildman–Crippen LogP) is 2.64. The van der Waals surface area contributed by atoms with Crippen LogP contribution >= 0.6 is 0 Å². The molecule has 0 aliphatic carbocycles. The third kappa shape index (κ3) is 3.86. The standard InChI is InChI=1S/C18H22N4O/c1-14-5-4-10-22(13-14)17-16(7-3-9-20-17)18(23)21-12-15-6-2-8-19-11-15/h2-3,6-9,11,14H,4-5,10,12-13H2,1H3,(H,21,23). The second-order valence-electron chi connectivity index (χ2n) is 6.11. The first kappa shape index (κ1) is 15.5. The SMILES string of the molecule is CC1CCCN(c2ncccc2C(=O)NCc2cccnc2)C1. The molecular weight excluding hydrogens is 288 g/mol. The van der Waals surface area contributed by atoms with Crippen LogP contribution in [0.4, 0.5) is 5.82 Å². The van der Waals surface area contributed by atoms with Crippen molar-refractivity contribution in [3.05, 3.63) is 54.0 Å². The predicted molar refractivity (Wildman–Crippen MR) is 90.3 cm³/mol. The van der Waals surface area contributed by atoms with E-state index >= 15 is 0 Å². The Morgan fingerprint density at radius 1 is 1.35 bits per heavy atom. The first-order valence-corrected chi connectivity index (χ1v) is 8.11. The third-order valence-electron chi connectivity index (χ3n) is 4.16. The molecule has 0 radical (unpaired) electrons. The van der Waals surface area contributed by atoms with Crippen LogP contribution in [0.5, 0.6) is 0 Å². The quantitative estimate of drug-likeness (QED) is 0.943. The summed E-state index contributed by atoms with van der Waals surface area (Å²) in [6.45, 7) is 4.64. The summed E-state index contributed by atoms with van der Waals surface area (Å²) < 4.78 is 0. The summed E-state index contributed by atoms with van der Waals surface area (Å²) in [5.74, 6) is 1.34. The molecule has 0 aromatic carbocycles. The number of carbonyl (C=O) groups is 1. The maximum atomic E-state index is 12.6. The highest BCUT2D eigenvalue weighted by Crippen LogP contribution is 2.24. The van der Waals surface area contributed by atoms with Crippen LogP contribution < -0.4 is 10.2 Å². The fraction of sp³-hybridized carbons (Fsp3) is 0.389. The highest BCUT2D eigenvalue weighted by Gasteiger charge is 2.22. The van der Waals surface area contributed by atoms with Crippen LogP contribution in [-0.4, -0.2) is 29.0 Å². The van der Waals surface area contributed by atoms with Gasteiger partial charge in [-0.25, -0.2) is 4.98 Å². The van der Waals surface area contributed by atoms with Crippen molar-refractivity contribution in [2.45, 2.75) is 26.3 Å². The van der Waals surface area contributed by atoms with Gasteiger partial charge in [-0.15, -0.1) is 0 Å². The third-order valence-corrected chi connectivity index (χ3v) is 4.16. The largest absolute Gasteiger partial charge is 0.356 e. The van der Waals surface area contributed by atoms with Crippen molar-refractivity contribution < 1.29 is 4.79 Å². The molecule has 120 valence electrons. The molecule has 1 aliphatic rings. The van der Waals surface area contributed by atoms with Gasteiger partial charge in [-0.05, 0) is 42.5 Å². The molecule has 23 heavy (non-hydrogen) atoms. The van der Waals surface area contributed by atoms with Crippen LogP contribution in [-0.2, 0) is 6.54 Å². The van der Waals surface area contributed by atoms with E-state index in [4.69, 9.17) is 0 Å². The second kappa shape index (κ2) is 7.22. The van der Waals surface area contributed by atoms with Crippen molar-refractivity contribution in [1.82, 2.24) is 15.3 Å². The molecule has 5 nitrogen and oxygen atoms in total. The zero-order chi connectivity index (χ0) is 16.1. The molecule has 1 amide bonds. The number of nitrogens with zero attached hydrogens (tertiary/aromatic N) is 3. The number of nitrogens with one attached hydrogen (secondary N) is 1. The van der Waals surface area contributed by atoms with E-state index in [2.05, 4.69) is 27.1 Å². The summed E-state index contributed by atoms with van der Waals surface area (Å²) in [6.07, 6.45) is 7.63. The van der Waals surface area contributed by atoms with Crippen molar-refractivity contribution in [3.63, 3.8) is 0 Å². The van der Waals surface area contributed by atoms with E-state index in [0.29, 0.717) is 18.0 Å². The number of rotatable bonds is 4. The fourth-order valence-corrected chi connectivity index (χ4v) is 2.99. The van der Waals surface area contributed by atoms with Crippen molar-refractivity contribution >= 4 is 11.7 Å². The minimum Gasteiger partial charge on any atom is -0.356 e. The number of anilines is 1. The van der Waals surface area contributed by atoms with Gasteiger partial charge in [-0.1, -0.05) is 13.0 Å². The molecule has 0 spiro atoms. The maximum absolute atomic E-state index is 12.6. The maximum Gasteiger partial charge on any atom is 0.255 e. The van der Waals surface area contributed by atoms with E-state index in [1.165, 1.54) is 6.42 Å². The van der Waals surface area contributed by atoms with Gasteiger partial charge in [0.05, 0.1) is 5.56 Å². The lowest BCUT2D eigenvalue weighted by Gasteiger charge is -2.32. The van der Waals surface area contributed by atoms with E-state index in [1.54, 1.807) is 18.6 Å². The molecule has 3 rings (SSSR count). The number of aromatic nitrogens is 2. The zero-order valence-electron chi connectivity index (χ0n) is 13.4. The van der Waals surface area contributed by atoms with E-state index in [9.17, 15) is 4.79 Å². The Morgan fingerprint density at radius 2 is 2.22 bits per heavy atom. The van der Waals surface area contributed by atoms with Gasteiger partial charge < -0.3 is 10.2 Å². The van der Waals surface area contributed by atoms with Crippen LogP contribution in [0.2, 0.25) is 0 Å². The number of carbonyl (C=O) groups excluding carboxylic acids is 1. The molecule has 2 aromatic rings. The second-order valence-corrected chi connectivity index (χ2v) is 6.11. The number of pyridine rings is 2. The van der Waals surface area contributed by atoms with Crippen LogP contribution in [0.15, 0.2) is 42.9 Å². The molecule has 1 saturated heterocycles. The first-order valence-electron chi connectivity index (χ1n) is 8.11. The molecule has 0 bridgehead atoms. The summed E-state index contributed by atoms with van der Waals surface area (Å²) in [7, 11) is 0. The molecule has 2 aromatic heterocycles. The number of hydrogen-bond donors (Lipinski definition) is 1. The summed E-state index contributed by atoms with van der Waals surface area (Å²) in [6, 6.07) is 7.48. The lowest BCUT2D eigenvalue weighted by atomic mass is 10.00. The van der Waals surface area contributed by atoms with Gasteiger partial charge >= 0.3 is 0 Å². The van der Waals surface area contributed by atoms with Crippen molar-refractivity contribution in [2.24, 2.45) is 5.92 Å². The molecule has 5 heteroatoms. The number of amides is 1. The lowest BCUT2D eigenvalue weighted by Crippen LogP contribution is -2.36. The topological polar surface area (TPSA) is 58.1 Å². The minimum atomic E-state index is -0.0878. The van der Waals surface area contributed by atoms with Gasteiger partial charge in [-0.2, -0.15) is 0 Å². The molecule has 0 saturated carbocycles. The van der Waals surface area contributed by atoms with Crippen molar-refractivity contribution in [1.29, 1.82) is 0 Å². The highest BCUT2D eigenvalue weighted by atomic mass is 16.1. The molecule has 1 aliphatic heterocycles. The summed E-state index contributed by atoms with van der Waals surface area (Å²) in [5, 5.41) is 2.96. The van der Waals surface area contributed by atoms with Gasteiger partial charge in [0.1, 0.15) is 5.82 Å². The van der Waals surface area contributed by atoms with Crippen molar-refractivity contribution in [3.8, 4) is 0 Å². The van der Waals surface area contributed by atoms with Gasteiger partial charge in [0, 0.05) is 38.2 Å². The minimum absolute atomic E-state index is 0.0878. The average Bonchev–Trinajstić information content (AvgIpc) is 2.60. The number of hydrogen-bond acceptors (Lipinski definition) is 4.